The minimum absolute atomic E-state index is 0.0110. The molecular weight excluding hydrogens is 821 g/mol. The zero-order chi connectivity index (χ0) is 48.7. The van der Waals surface area contributed by atoms with Gasteiger partial charge in [-0.05, 0) is 136 Å². The maximum Gasteiger partial charge on any atom is 0.333 e. The largest absolute Gasteiger partial charge is 0.459 e. The van der Waals surface area contributed by atoms with E-state index in [2.05, 4.69) is 50.1 Å². The first-order valence-corrected chi connectivity index (χ1v) is 24.3. The zero-order valence-corrected chi connectivity index (χ0v) is 41.1. The van der Waals surface area contributed by atoms with Gasteiger partial charge in [-0.1, -0.05) is 90.8 Å². The number of nitrogens with zero attached hydrogens (tertiary/aromatic N) is 2. The summed E-state index contributed by atoms with van der Waals surface area (Å²) in [6.45, 7) is 26.1. The molecule has 6 saturated carbocycles. The van der Waals surface area contributed by atoms with Gasteiger partial charge in [-0.2, -0.15) is 0 Å². The molecule has 2 N–H and O–H groups in total. The normalized spacial score (nSPS) is 18.4. The van der Waals surface area contributed by atoms with Crippen LogP contribution in [0.4, 0.5) is 0 Å². The Bertz CT molecular complexity index is 1480. The van der Waals surface area contributed by atoms with Crippen molar-refractivity contribution in [2.24, 2.45) is 0 Å². The molecule has 0 bridgehead atoms. The van der Waals surface area contributed by atoms with Crippen LogP contribution in [0, 0.1) is 0 Å². The molecule has 366 valence electrons. The topological polar surface area (TPSA) is 151 Å². The van der Waals surface area contributed by atoms with E-state index in [9.17, 15) is 28.8 Å². The Hall–Kier alpha value is -4.74. The van der Waals surface area contributed by atoms with Crippen LogP contribution in [0.2, 0.25) is 0 Å². The van der Waals surface area contributed by atoms with Crippen LogP contribution in [0.3, 0.4) is 0 Å². The molecule has 65 heavy (non-hydrogen) atoms. The lowest BCUT2D eigenvalue weighted by Gasteiger charge is -2.24. The van der Waals surface area contributed by atoms with E-state index in [1.807, 2.05) is 19.0 Å². The average molecular weight is 907 g/mol. The van der Waals surface area contributed by atoms with E-state index in [0.717, 1.165) is 77.0 Å². The van der Waals surface area contributed by atoms with Crippen LogP contribution in [0.25, 0.3) is 0 Å². The number of esters is 2. The molecule has 12 nitrogen and oxygen atoms in total. The van der Waals surface area contributed by atoms with Crippen molar-refractivity contribution >= 4 is 35.6 Å². The molecule has 4 amide bonds. The van der Waals surface area contributed by atoms with Gasteiger partial charge in [-0.25, -0.2) is 9.59 Å². The molecular formula is C53H86N4O8. The molecule has 6 rings (SSSR count). The van der Waals surface area contributed by atoms with Crippen LogP contribution in [0.1, 0.15) is 175 Å². The summed E-state index contributed by atoms with van der Waals surface area (Å²) in [5, 5.41) is 5.81. The van der Waals surface area contributed by atoms with Gasteiger partial charge < -0.3 is 29.9 Å². The lowest BCUT2D eigenvalue weighted by Crippen LogP contribution is -2.35. The summed E-state index contributed by atoms with van der Waals surface area (Å²) >= 11 is 0. The fourth-order valence-corrected chi connectivity index (χ4v) is 8.56. The Kier molecular flexibility index (Phi) is 30.2. The molecule has 0 heterocycles. The van der Waals surface area contributed by atoms with Gasteiger partial charge >= 0.3 is 11.9 Å². The number of carbonyl (C=O) groups excluding carboxylic acids is 6. The fourth-order valence-electron chi connectivity index (χ4n) is 8.56. The molecule has 6 aliphatic carbocycles. The van der Waals surface area contributed by atoms with Crippen molar-refractivity contribution in [2.75, 3.05) is 14.1 Å². The van der Waals surface area contributed by atoms with E-state index in [1.165, 1.54) is 95.3 Å². The summed E-state index contributed by atoms with van der Waals surface area (Å²) in [5.41, 5.74) is 1.75. The zero-order valence-electron chi connectivity index (χ0n) is 41.1. The van der Waals surface area contributed by atoms with Crippen molar-refractivity contribution in [3.63, 3.8) is 0 Å². The van der Waals surface area contributed by atoms with Crippen molar-refractivity contribution in [1.29, 1.82) is 0 Å². The first kappa shape index (κ1) is 58.3. The Morgan fingerprint density at radius 2 is 0.862 bits per heavy atom. The second-order valence-electron chi connectivity index (χ2n) is 18.3. The Labute approximate surface area is 392 Å². The van der Waals surface area contributed by atoms with Crippen LogP contribution in [0.5, 0.6) is 0 Å². The summed E-state index contributed by atoms with van der Waals surface area (Å²) in [5.74, 6) is -0.397. The molecule has 0 aliphatic heterocycles. The van der Waals surface area contributed by atoms with Crippen molar-refractivity contribution in [1.82, 2.24) is 20.4 Å². The number of amides is 4. The van der Waals surface area contributed by atoms with Gasteiger partial charge in [0.15, 0.2) is 0 Å². The third-order valence-electron chi connectivity index (χ3n) is 12.6. The van der Waals surface area contributed by atoms with Crippen LogP contribution in [0.15, 0.2) is 74.4 Å². The first-order chi connectivity index (χ1) is 30.9. The van der Waals surface area contributed by atoms with Gasteiger partial charge in [0.25, 0.3) is 0 Å². The average Bonchev–Trinajstić information content (AvgIpc) is 4.15. The molecule has 0 aromatic carbocycles. The van der Waals surface area contributed by atoms with Crippen LogP contribution in [-0.4, -0.2) is 95.8 Å². The highest BCUT2D eigenvalue weighted by atomic mass is 16.5. The predicted molar refractivity (Wildman–Crippen MR) is 263 cm³/mol. The molecule has 6 fully saturated rings. The highest BCUT2D eigenvalue weighted by Gasteiger charge is 2.24. The maximum absolute atomic E-state index is 11.5. The van der Waals surface area contributed by atoms with E-state index in [4.69, 9.17) is 9.47 Å². The van der Waals surface area contributed by atoms with Crippen molar-refractivity contribution in [3.05, 3.63) is 74.4 Å². The molecule has 0 saturated heterocycles. The molecule has 0 aromatic rings. The number of hydrogen-bond donors (Lipinski definition) is 2. The predicted octanol–water partition coefficient (Wildman–Crippen LogP) is 10.1. The Balaban J connectivity index is 0.000000390. The number of hydrogen-bond acceptors (Lipinski definition) is 8. The van der Waals surface area contributed by atoms with E-state index in [-0.39, 0.29) is 47.8 Å². The van der Waals surface area contributed by atoms with Gasteiger partial charge in [0.1, 0.15) is 12.2 Å². The van der Waals surface area contributed by atoms with Gasteiger partial charge in [-0.15, -0.1) is 0 Å². The Morgan fingerprint density at radius 3 is 1.23 bits per heavy atom. The van der Waals surface area contributed by atoms with Gasteiger partial charge in [0.05, 0.1) is 0 Å². The molecule has 0 spiro atoms. The summed E-state index contributed by atoms with van der Waals surface area (Å²) in [6, 6.07) is 1.78. The lowest BCUT2D eigenvalue weighted by atomic mass is 10.2. The van der Waals surface area contributed by atoms with Gasteiger partial charge in [-0.3, -0.25) is 19.2 Å². The van der Waals surface area contributed by atoms with Gasteiger partial charge in [0, 0.05) is 61.1 Å². The van der Waals surface area contributed by atoms with E-state index in [0.29, 0.717) is 40.9 Å². The summed E-state index contributed by atoms with van der Waals surface area (Å²) in [4.78, 5) is 69.6. The highest BCUT2D eigenvalue weighted by molar-refractivity contribution is 5.92. The van der Waals surface area contributed by atoms with Crippen LogP contribution in [-0.2, 0) is 38.2 Å². The molecule has 0 aromatic heterocycles. The molecule has 12 heteroatoms. The number of carbonyl (C=O) groups is 6. The minimum Gasteiger partial charge on any atom is -0.459 e. The second-order valence-corrected chi connectivity index (χ2v) is 18.3. The second kappa shape index (κ2) is 33.7. The molecule has 0 unspecified atom stereocenters. The number of rotatable bonds is 12. The molecule has 6 aliphatic rings. The maximum atomic E-state index is 11.5. The third-order valence-corrected chi connectivity index (χ3v) is 12.6. The van der Waals surface area contributed by atoms with Crippen LogP contribution >= 0.6 is 0 Å². The summed E-state index contributed by atoms with van der Waals surface area (Å²) in [7, 11) is 3.74. The monoisotopic (exact) mass is 907 g/mol. The highest BCUT2D eigenvalue weighted by Crippen LogP contribution is 2.25. The van der Waals surface area contributed by atoms with Crippen molar-refractivity contribution < 1.29 is 38.2 Å². The summed E-state index contributed by atoms with van der Waals surface area (Å²) < 4.78 is 10.1. The first-order valence-electron chi connectivity index (χ1n) is 24.3. The number of nitrogens with one attached hydrogen (secondary N) is 2. The third kappa shape index (κ3) is 25.5. The number of ether oxygens (including phenoxy) is 2. The minimum atomic E-state index is -0.285. The Morgan fingerprint density at radius 1 is 0.477 bits per heavy atom. The summed E-state index contributed by atoms with van der Waals surface area (Å²) in [6.07, 6.45) is 32.4. The molecule has 0 atom stereocenters. The fraction of sp³-hybridized carbons (Fsp3) is 0.660. The van der Waals surface area contributed by atoms with E-state index >= 15 is 0 Å². The number of likely N-dealkylation sites (N-methyl/N-ethyl adjacent to an activating group) is 2. The lowest BCUT2D eigenvalue weighted by molar-refractivity contribution is -0.144. The van der Waals surface area contributed by atoms with Crippen LogP contribution < -0.4 is 10.6 Å². The SMILES string of the molecule is C=C(C)C(=O)N(C)C1CCCC1.C=C(C)C(=O)NC1CCCC1.C=C(C)C(=O)OC1CCCC1.C=CC(=O)N(C)C1CCCC1.C=CC(=O)NC1CCCC1.C=CC(=O)OC1CCCC1. The van der Waals surface area contributed by atoms with Crippen molar-refractivity contribution in [3.8, 4) is 0 Å². The standard InChI is InChI=1S/C10H17NO.2C9H15NO.C9H14O2.C8H13NO.C8H12O2/c1-8(2)10(12)11(3)9-6-4-5-7-9;1-7(2)9(11)10-8-5-3-4-6-8;1-3-9(11)10(2)8-6-4-5-7-8;1-7(2)9(10)11-8-5-3-4-6-8;1-2-8(10)9-7-5-3-4-6-7;1-2-8(9)10-7-5-3-4-6-7/h9H,1,4-7H2,2-3H3;8H,1,3-6H2,2H3,(H,10,11);3,8H,1,4-7H2,2H3;8H,1,3-6H2,2H3;2,7H,1,3-6H2,(H,9,10);2,7H,1,3-6H2. The van der Waals surface area contributed by atoms with Gasteiger partial charge in [0.2, 0.25) is 23.6 Å². The quantitative estimate of drug-likeness (QED) is 0.145. The molecule has 0 radical (unpaired) electrons. The van der Waals surface area contributed by atoms with E-state index in [1.54, 1.807) is 25.7 Å². The van der Waals surface area contributed by atoms with Crippen molar-refractivity contribution in [2.45, 2.75) is 211 Å². The van der Waals surface area contributed by atoms with E-state index < -0.39 is 0 Å². The smallest absolute Gasteiger partial charge is 0.333 e.